The Morgan fingerprint density at radius 2 is 1.90 bits per heavy atom. The summed E-state index contributed by atoms with van der Waals surface area (Å²) in [6, 6.07) is 6.94. The Kier molecular flexibility index (Phi) is 8.69. The van der Waals surface area contributed by atoms with E-state index in [4.69, 9.17) is 0 Å². The van der Waals surface area contributed by atoms with Crippen molar-refractivity contribution < 1.29 is 14.0 Å². The highest BCUT2D eigenvalue weighted by Gasteiger charge is 2.29. The SMILES string of the molecule is CCC(C)C(=O)N1CCCC(C(=O)NCCCN2CCN(c3ccccc3F)CC2)C1. The Balaban J connectivity index is 1.33. The number of carbonyl (C=O) groups is 2. The summed E-state index contributed by atoms with van der Waals surface area (Å²) in [5, 5.41) is 3.07. The van der Waals surface area contributed by atoms with Crippen LogP contribution in [0.5, 0.6) is 0 Å². The average Bonchev–Trinajstić information content (AvgIpc) is 2.81. The summed E-state index contributed by atoms with van der Waals surface area (Å²) in [5.74, 6) is 0.0260. The van der Waals surface area contributed by atoms with Crippen LogP contribution in [0.3, 0.4) is 0 Å². The number of amides is 2. The molecule has 31 heavy (non-hydrogen) atoms. The van der Waals surface area contributed by atoms with E-state index in [9.17, 15) is 14.0 Å². The Labute approximate surface area is 185 Å². The van der Waals surface area contributed by atoms with Gasteiger partial charge in [-0.25, -0.2) is 4.39 Å². The zero-order chi connectivity index (χ0) is 22.2. The number of anilines is 1. The lowest BCUT2D eigenvalue weighted by Gasteiger charge is -2.36. The highest BCUT2D eigenvalue weighted by atomic mass is 19.1. The third-order valence-electron chi connectivity index (χ3n) is 6.65. The highest BCUT2D eigenvalue weighted by molar-refractivity contribution is 5.82. The van der Waals surface area contributed by atoms with Gasteiger partial charge in [-0.05, 0) is 44.4 Å². The van der Waals surface area contributed by atoms with E-state index in [-0.39, 0.29) is 29.5 Å². The lowest BCUT2D eigenvalue weighted by Crippen LogP contribution is -2.48. The van der Waals surface area contributed by atoms with Crippen LogP contribution in [0.4, 0.5) is 10.1 Å². The first-order valence-electron chi connectivity index (χ1n) is 11.8. The largest absolute Gasteiger partial charge is 0.367 e. The van der Waals surface area contributed by atoms with E-state index >= 15 is 0 Å². The van der Waals surface area contributed by atoms with Gasteiger partial charge >= 0.3 is 0 Å². The third-order valence-corrected chi connectivity index (χ3v) is 6.65. The van der Waals surface area contributed by atoms with Gasteiger partial charge in [-0.1, -0.05) is 26.0 Å². The fourth-order valence-electron chi connectivity index (χ4n) is 4.46. The molecule has 2 aliphatic rings. The molecule has 0 saturated carbocycles. The number of carbonyl (C=O) groups excluding carboxylic acids is 2. The van der Waals surface area contributed by atoms with Gasteiger partial charge in [0.2, 0.25) is 11.8 Å². The predicted molar refractivity (Wildman–Crippen MR) is 121 cm³/mol. The molecule has 172 valence electrons. The standard InChI is InChI=1S/C24H37FN4O2/c1-3-19(2)24(31)29-13-6-8-20(18-29)23(30)26-11-7-12-27-14-16-28(17-15-27)22-10-5-4-9-21(22)25/h4-5,9-10,19-20H,3,6-8,11-18H2,1-2H3,(H,26,30). The topological polar surface area (TPSA) is 55.9 Å². The summed E-state index contributed by atoms with van der Waals surface area (Å²) in [4.78, 5) is 31.4. The normalized spacial score (nSPS) is 21.1. The van der Waals surface area contributed by atoms with E-state index in [1.54, 1.807) is 6.07 Å². The zero-order valence-corrected chi connectivity index (χ0v) is 19.0. The molecule has 2 amide bonds. The molecule has 0 bridgehead atoms. The Bertz CT molecular complexity index is 736. The maximum atomic E-state index is 14.0. The van der Waals surface area contributed by atoms with Crippen LogP contribution in [-0.2, 0) is 9.59 Å². The van der Waals surface area contributed by atoms with Gasteiger partial charge in [-0.2, -0.15) is 0 Å². The van der Waals surface area contributed by atoms with Gasteiger partial charge in [-0.15, -0.1) is 0 Å². The number of nitrogens with zero attached hydrogens (tertiary/aromatic N) is 3. The Morgan fingerprint density at radius 1 is 1.16 bits per heavy atom. The first kappa shape index (κ1) is 23.5. The number of piperazine rings is 1. The number of benzene rings is 1. The van der Waals surface area contributed by atoms with Crippen LogP contribution in [0.1, 0.15) is 39.5 Å². The molecule has 0 aliphatic carbocycles. The lowest BCUT2D eigenvalue weighted by atomic mass is 9.95. The van der Waals surface area contributed by atoms with Crippen LogP contribution in [0.2, 0.25) is 0 Å². The van der Waals surface area contributed by atoms with Crippen molar-refractivity contribution in [1.29, 1.82) is 0 Å². The van der Waals surface area contributed by atoms with Crippen molar-refractivity contribution in [2.45, 2.75) is 39.5 Å². The fourth-order valence-corrected chi connectivity index (χ4v) is 4.46. The molecule has 2 unspecified atom stereocenters. The number of para-hydroxylation sites is 1. The number of piperidine rings is 1. The summed E-state index contributed by atoms with van der Waals surface area (Å²) >= 11 is 0. The van der Waals surface area contributed by atoms with Crippen molar-refractivity contribution in [1.82, 2.24) is 15.1 Å². The van der Waals surface area contributed by atoms with E-state index in [0.29, 0.717) is 18.8 Å². The molecule has 1 N–H and O–H groups in total. The summed E-state index contributed by atoms with van der Waals surface area (Å²) < 4.78 is 14.0. The number of hydrogen-bond acceptors (Lipinski definition) is 4. The van der Waals surface area contributed by atoms with Gasteiger partial charge in [0.05, 0.1) is 11.6 Å². The monoisotopic (exact) mass is 432 g/mol. The number of rotatable bonds is 8. The van der Waals surface area contributed by atoms with Crippen LogP contribution >= 0.6 is 0 Å². The van der Waals surface area contributed by atoms with Crippen molar-refractivity contribution in [3.05, 3.63) is 30.1 Å². The minimum atomic E-state index is -0.161. The van der Waals surface area contributed by atoms with Crippen LogP contribution < -0.4 is 10.2 Å². The molecule has 1 aromatic rings. The number of likely N-dealkylation sites (tertiary alicyclic amines) is 1. The van der Waals surface area contributed by atoms with E-state index < -0.39 is 0 Å². The minimum Gasteiger partial charge on any atom is -0.367 e. The molecule has 0 radical (unpaired) electrons. The number of halogens is 1. The average molecular weight is 433 g/mol. The lowest BCUT2D eigenvalue weighted by molar-refractivity contribution is -0.138. The van der Waals surface area contributed by atoms with Crippen LogP contribution in [0.15, 0.2) is 24.3 Å². The van der Waals surface area contributed by atoms with Crippen LogP contribution in [0, 0.1) is 17.7 Å². The summed E-state index contributed by atoms with van der Waals surface area (Å²) in [6.45, 7) is 10.3. The molecule has 0 aromatic heterocycles. The molecular weight excluding hydrogens is 395 g/mol. The number of nitrogens with one attached hydrogen (secondary N) is 1. The quantitative estimate of drug-likeness (QED) is 0.642. The molecule has 6 nitrogen and oxygen atoms in total. The van der Waals surface area contributed by atoms with Gasteiger partial charge in [0, 0.05) is 51.7 Å². The van der Waals surface area contributed by atoms with E-state index in [2.05, 4.69) is 15.1 Å². The zero-order valence-electron chi connectivity index (χ0n) is 19.0. The van der Waals surface area contributed by atoms with Gasteiger partial charge in [0.1, 0.15) is 5.82 Å². The second-order valence-corrected chi connectivity index (χ2v) is 8.86. The van der Waals surface area contributed by atoms with Gasteiger partial charge in [0.15, 0.2) is 0 Å². The maximum absolute atomic E-state index is 14.0. The van der Waals surface area contributed by atoms with E-state index in [1.807, 2.05) is 30.9 Å². The van der Waals surface area contributed by atoms with Crippen molar-refractivity contribution in [2.75, 3.05) is 57.3 Å². The molecular formula is C24H37FN4O2. The molecule has 1 aromatic carbocycles. The molecule has 2 fully saturated rings. The fraction of sp³-hybridized carbons (Fsp3) is 0.667. The smallest absolute Gasteiger partial charge is 0.225 e. The third kappa shape index (κ3) is 6.42. The summed E-state index contributed by atoms with van der Waals surface area (Å²) in [6.07, 6.45) is 3.48. The Hall–Kier alpha value is -2.15. The molecule has 2 heterocycles. The van der Waals surface area contributed by atoms with Gasteiger partial charge < -0.3 is 15.1 Å². The predicted octanol–water partition coefficient (Wildman–Crippen LogP) is 2.74. The maximum Gasteiger partial charge on any atom is 0.225 e. The Morgan fingerprint density at radius 3 is 2.61 bits per heavy atom. The van der Waals surface area contributed by atoms with Gasteiger partial charge in [-0.3, -0.25) is 14.5 Å². The van der Waals surface area contributed by atoms with E-state index in [1.165, 1.54) is 6.07 Å². The molecule has 7 heteroatoms. The van der Waals surface area contributed by atoms with Crippen LogP contribution in [-0.4, -0.2) is 74.0 Å². The molecule has 2 saturated heterocycles. The second-order valence-electron chi connectivity index (χ2n) is 8.86. The first-order chi connectivity index (χ1) is 15.0. The molecule has 0 spiro atoms. The van der Waals surface area contributed by atoms with Gasteiger partial charge in [0.25, 0.3) is 0 Å². The number of hydrogen-bond donors (Lipinski definition) is 1. The first-order valence-corrected chi connectivity index (χ1v) is 11.8. The molecule has 3 rings (SSSR count). The van der Waals surface area contributed by atoms with Crippen molar-refractivity contribution in [3.63, 3.8) is 0 Å². The van der Waals surface area contributed by atoms with Crippen LogP contribution in [0.25, 0.3) is 0 Å². The van der Waals surface area contributed by atoms with Crippen molar-refractivity contribution in [2.24, 2.45) is 11.8 Å². The molecule has 2 aliphatic heterocycles. The summed E-state index contributed by atoms with van der Waals surface area (Å²) in [5.41, 5.74) is 0.683. The second kappa shape index (κ2) is 11.5. The van der Waals surface area contributed by atoms with Crippen molar-refractivity contribution in [3.8, 4) is 0 Å². The molecule has 2 atom stereocenters. The minimum absolute atomic E-state index is 0.0284. The van der Waals surface area contributed by atoms with Crippen molar-refractivity contribution >= 4 is 17.5 Å². The summed E-state index contributed by atoms with van der Waals surface area (Å²) in [7, 11) is 0. The van der Waals surface area contributed by atoms with E-state index in [0.717, 1.165) is 65.0 Å². The highest BCUT2D eigenvalue weighted by Crippen LogP contribution is 2.21.